The normalized spacial score (nSPS) is 10.3. The van der Waals surface area contributed by atoms with Crippen LogP contribution in [0.2, 0.25) is 0 Å². The van der Waals surface area contributed by atoms with Gasteiger partial charge in [-0.15, -0.1) is 0 Å². The summed E-state index contributed by atoms with van der Waals surface area (Å²) in [6.07, 6.45) is 2.44. The molecule has 0 aliphatic heterocycles. The van der Waals surface area contributed by atoms with Crippen molar-refractivity contribution in [2.45, 2.75) is 19.9 Å². The van der Waals surface area contributed by atoms with Gasteiger partial charge in [-0.05, 0) is 22.4 Å². The number of aliphatic hydroxyl groups excluding tert-OH is 1. The minimum atomic E-state index is -0.153. The molecule has 1 aromatic rings. The first kappa shape index (κ1) is 12.2. The summed E-state index contributed by atoms with van der Waals surface area (Å²) in [6, 6.07) is 0. The average Bonchev–Trinajstić information content (AvgIpc) is 2.24. The van der Waals surface area contributed by atoms with Crippen molar-refractivity contribution in [2.75, 3.05) is 18.5 Å². The molecule has 2 N–H and O–H groups in total. The lowest BCUT2D eigenvalue weighted by atomic mass is 10.4. The fraction of sp³-hybridized carbons (Fsp3) is 0.556. The molecule has 0 unspecified atom stereocenters. The van der Waals surface area contributed by atoms with Gasteiger partial charge in [-0.25, -0.2) is 4.68 Å². The van der Waals surface area contributed by atoms with Crippen LogP contribution in [0.5, 0.6) is 0 Å². The Bertz CT molecular complexity index is 378. The largest absolute Gasteiger partial charge is 0.395 e. The van der Waals surface area contributed by atoms with Crippen molar-refractivity contribution in [3.05, 3.63) is 21.0 Å². The summed E-state index contributed by atoms with van der Waals surface area (Å²) in [6.45, 7) is 3.01. The van der Waals surface area contributed by atoms with Gasteiger partial charge in [-0.1, -0.05) is 6.92 Å². The van der Waals surface area contributed by atoms with E-state index in [4.69, 9.17) is 5.11 Å². The predicted molar refractivity (Wildman–Crippen MR) is 62.1 cm³/mol. The maximum Gasteiger partial charge on any atom is 0.283 e. The van der Waals surface area contributed by atoms with E-state index in [0.29, 0.717) is 23.2 Å². The molecule has 0 fully saturated rings. The monoisotopic (exact) mass is 275 g/mol. The molecule has 1 rings (SSSR count). The highest BCUT2D eigenvalue weighted by Crippen LogP contribution is 2.15. The van der Waals surface area contributed by atoms with Crippen LogP contribution in [0.4, 0.5) is 5.69 Å². The third-order valence-electron chi connectivity index (χ3n) is 1.85. The number of halogens is 1. The Hall–Kier alpha value is -0.880. The van der Waals surface area contributed by atoms with Crippen LogP contribution in [-0.2, 0) is 6.54 Å². The van der Waals surface area contributed by atoms with Gasteiger partial charge in [0, 0.05) is 13.1 Å². The lowest BCUT2D eigenvalue weighted by Crippen LogP contribution is -2.24. The summed E-state index contributed by atoms with van der Waals surface area (Å²) in [7, 11) is 0. The van der Waals surface area contributed by atoms with E-state index in [1.165, 1.54) is 4.68 Å². The summed E-state index contributed by atoms with van der Waals surface area (Å²) in [4.78, 5) is 11.7. The molecule has 5 nitrogen and oxygen atoms in total. The topological polar surface area (TPSA) is 67.2 Å². The highest BCUT2D eigenvalue weighted by Gasteiger charge is 2.07. The Kier molecular flexibility index (Phi) is 4.77. The summed E-state index contributed by atoms with van der Waals surface area (Å²) in [5.74, 6) is 0. The van der Waals surface area contributed by atoms with Crippen LogP contribution in [-0.4, -0.2) is 28.0 Å². The Balaban J connectivity index is 2.94. The first-order valence-corrected chi connectivity index (χ1v) is 5.60. The molecule has 0 aliphatic rings. The summed E-state index contributed by atoms with van der Waals surface area (Å²) in [5.41, 5.74) is 0.459. The third-order valence-corrected chi connectivity index (χ3v) is 2.61. The van der Waals surface area contributed by atoms with Crippen LogP contribution in [0.15, 0.2) is 15.5 Å². The molecule has 0 aliphatic carbocycles. The Morgan fingerprint density at radius 1 is 1.67 bits per heavy atom. The van der Waals surface area contributed by atoms with Crippen LogP contribution < -0.4 is 10.9 Å². The van der Waals surface area contributed by atoms with Gasteiger partial charge in [-0.2, -0.15) is 5.10 Å². The predicted octanol–water partition coefficient (Wildman–Crippen LogP) is 0.820. The van der Waals surface area contributed by atoms with E-state index in [9.17, 15) is 4.79 Å². The van der Waals surface area contributed by atoms with Crippen molar-refractivity contribution in [3.63, 3.8) is 0 Å². The number of nitrogens with zero attached hydrogens (tertiary/aromatic N) is 2. The Morgan fingerprint density at radius 2 is 2.40 bits per heavy atom. The number of nitrogens with one attached hydrogen (secondary N) is 1. The smallest absolute Gasteiger partial charge is 0.283 e. The molecule has 0 amide bonds. The zero-order valence-electron chi connectivity index (χ0n) is 8.53. The number of aromatic nitrogens is 2. The van der Waals surface area contributed by atoms with Crippen molar-refractivity contribution >= 4 is 21.6 Å². The number of aliphatic hydroxyl groups is 1. The molecular weight excluding hydrogens is 262 g/mol. The van der Waals surface area contributed by atoms with Gasteiger partial charge >= 0.3 is 0 Å². The highest BCUT2D eigenvalue weighted by molar-refractivity contribution is 9.10. The lowest BCUT2D eigenvalue weighted by Gasteiger charge is -2.08. The van der Waals surface area contributed by atoms with Gasteiger partial charge < -0.3 is 10.4 Å². The van der Waals surface area contributed by atoms with Gasteiger partial charge in [0.2, 0.25) is 0 Å². The molecule has 1 aromatic heterocycles. The maximum absolute atomic E-state index is 11.7. The second-order valence-electron chi connectivity index (χ2n) is 3.05. The highest BCUT2D eigenvalue weighted by atomic mass is 79.9. The van der Waals surface area contributed by atoms with E-state index in [1.807, 2.05) is 6.92 Å². The second-order valence-corrected chi connectivity index (χ2v) is 3.84. The second kappa shape index (κ2) is 5.87. The SMILES string of the molecule is CCCn1ncc(NCCO)c(Br)c1=O. The lowest BCUT2D eigenvalue weighted by molar-refractivity contribution is 0.311. The fourth-order valence-electron chi connectivity index (χ4n) is 1.15. The van der Waals surface area contributed by atoms with Crippen molar-refractivity contribution < 1.29 is 5.11 Å². The zero-order chi connectivity index (χ0) is 11.3. The molecule has 0 spiro atoms. The van der Waals surface area contributed by atoms with E-state index in [0.717, 1.165) is 6.42 Å². The molecular formula is C9H14BrN3O2. The van der Waals surface area contributed by atoms with Crippen LogP contribution >= 0.6 is 15.9 Å². The van der Waals surface area contributed by atoms with Crippen LogP contribution in [0.3, 0.4) is 0 Å². The minimum Gasteiger partial charge on any atom is -0.395 e. The third kappa shape index (κ3) is 3.04. The average molecular weight is 276 g/mol. The number of aryl methyl sites for hydroxylation is 1. The maximum atomic E-state index is 11.7. The summed E-state index contributed by atoms with van der Waals surface area (Å²) >= 11 is 3.21. The van der Waals surface area contributed by atoms with E-state index < -0.39 is 0 Å². The van der Waals surface area contributed by atoms with E-state index >= 15 is 0 Å². The van der Waals surface area contributed by atoms with Crippen molar-refractivity contribution in [2.24, 2.45) is 0 Å². The van der Waals surface area contributed by atoms with Crippen molar-refractivity contribution in [1.82, 2.24) is 9.78 Å². The molecule has 0 aromatic carbocycles. The zero-order valence-corrected chi connectivity index (χ0v) is 10.1. The van der Waals surface area contributed by atoms with Gasteiger partial charge in [0.05, 0.1) is 18.5 Å². The van der Waals surface area contributed by atoms with Gasteiger partial charge in [-0.3, -0.25) is 4.79 Å². The standard InChI is InChI=1S/C9H14BrN3O2/c1-2-4-13-9(15)8(10)7(6-12-13)11-3-5-14/h6,11,14H,2-5H2,1H3. The molecule has 84 valence electrons. The number of rotatable bonds is 5. The molecule has 0 radical (unpaired) electrons. The van der Waals surface area contributed by atoms with E-state index in [2.05, 4.69) is 26.3 Å². The molecule has 1 heterocycles. The summed E-state index contributed by atoms with van der Waals surface area (Å²) in [5, 5.41) is 15.6. The van der Waals surface area contributed by atoms with Crippen LogP contribution in [0.25, 0.3) is 0 Å². The first-order chi connectivity index (χ1) is 7.20. The molecule has 0 bridgehead atoms. The molecule has 15 heavy (non-hydrogen) atoms. The molecule has 0 atom stereocenters. The Labute approximate surface area is 96.2 Å². The van der Waals surface area contributed by atoms with Gasteiger partial charge in [0.15, 0.2) is 0 Å². The molecule has 0 saturated carbocycles. The summed E-state index contributed by atoms with van der Waals surface area (Å²) < 4.78 is 1.87. The van der Waals surface area contributed by atoms with E-state index in [1.54, 1.807) is 6.20 Å². The first-order valence-electron chi connectivity index (χ1n) is 4.81. The van der Waals surface area contributed by atoms with Crippen LogP contribution in [0.1, 0.15) is 13.3 Å². The number of anilines is 1. The van der Waals surface area contributed by atoms with Gasteiger partial charge in [0.1, 0.15) is 4.47 Å². The minimum absolute atomic E-state index is 0.0183. The van der Waals surface area contributed by atoms with Gasteiger partial charge in [0.25, 0.3) is 5.56 Å². The molecule has 0 saturated heterocycles. The van der Waals surface area contributed by atoms with Crippen LogP contribution in [0, 0.1) is 0 Å². The van der Waals surface area contributed by atoms with Crippen molar-refractivity contribution in [1.29, 1.82) is 0 Å². The quantitative estimate of drug-likeness (QED) is 0.835. The van der Waals surface area contributed by atoms with Crippen molar-refractivity contribution in [3.8, 4) is 0 Å². The fourth-order valence-corrected chi connectivity index (χ4v) is 1.60. The van der Waals surface area contributed by atoms with E-state index in [-0.39, 0.29) is 12.2 Å². The Morgan fingerprint density at radius 3 is 3.00 bits per heavy atom. The number of hydrogen-bond acceptors (Lipinski definition) is 4. The number of hydrogen-bond donors (Lipinski definition) is 2. The molecule has 6 heteroatoms.